The molecule has 0 radical (unpaired) electrons. The molecule has 11 aromatic carbocycles. The third-order valence-electron chi connectivity index (χ3n) is 14.1. The fourth-order valence-corrected chi connectivity index (χ4v) is 11.0. The van der Waals surface area contributed by atoms with Gasteiger partial charge in [-0.25, -0.2) is 4.99 Å². The lowest BCUT2D eigenvalue weighted by atomic mass is 10.0. The van der Waals surface area contributed by atoms with Crippen molar-refractivity contribution in [3.63, 3.8) is 0 Å². The first-order valence-corrected chi connectivity index (χ1v) is 22.8. The SMILES string of the molecule is c1ccc2cc(C3N=C(n4c5ccccc5c5ccccc54)N=C(c4ccc5c(oc6ccc7ccccc7c65)c4-n4c5cc6ccccc6cc5c5cc6ccccc6cc54)N3)ccc2c1. The van der Waals surface area contributed by atoms with E-state index in [0.717, 1.165) is 82.4 Å². The van der Waals surface area contributed by atoms with Gasteiger partial charge in [-0.1, -0.05) is 152 Å². The predicted octanol–water partition coefficient (Wildman–Crippen LogP) is 15.4. The highest BCUT2D eigenvalue weighted by Crippen LogP contribution is 2.44. The van der Waals surface area contributed by atoms with Crippen molar-refractivity contribution < 1.29 is 4.42 Å². The van der Waals surface area contributed by atoms with Crippen molar-refractivity contribution in [3.05, 3.63) is 223 Å². The van der Waals surface area contributed by atoms with E-state index in [1.54, 1.807) is 0 Å². The number of nitrogens with zero attached hydrogens (tertiary/aromatic N) is 4. The molecule has 0 bridgehead atoms. The van der Waals surface area contributed by atoms with Crippen molar-refractivity contribution in [3.8, 4) is 5.69 Å². The lowest BCUT2D eigenvalue weighted by Gasteiger charge is -2.26. The molecular weight excluding hydrogens is 819 g/mol. The number of fused-ring (bicyclic) bond motifs is 14. The monoisotopic (exact) mass is 855 g/mol. The van der Waals surface area contributed by atoms with Crippen LogP contribution < -0.4 is 5.32 Å². The standard InChI is InChI=1S/C61H37N5O/c1-2-15-38-31-43(26-25-36(38)13-1)59-62-60(64-61(63-59)66-51-23-11-9-21-45(51)46-22-10-12-24-52(46)66)48-29-28-47-56-44-20-8-7-14-37(44)27-30-55(56)67-58(47)57(48)65-53-34-41-18-5-3-16-39(41)32-49(53)50-33-40-17-4-6-19-42(40)35-54(50)65/h1-35,59H,(H,62,63,64). The van der Waals surface area contributed by atoms with Gasteiger partial charge in [-0.05, 0) is 109 Å². The molecule has 0 spiro atoms. The van der Waals surface area contributed by atoms with Crippen molar-refractivity contribution in [1.29, 1.82) is 0 Å². The second-order valence-electron chi connectivity index (χ2n) is 17.8. The molecule has 1 aliphatic rings. The Hall–Kier alpha value is -9.00. The van der Waals surface area contributed by atoms with Gasteiger partial charge in [-0.2, -0.15) is 4.99 Å². The number of furan rings is 1. The summed E-state index contributed by atoms with van der Waals surface area (Å²) in [4.78, 5) is 11.2. The zero-order chi connectivity index (χ0) is 43.7. The van der Waals surface area contributed by atoms with Crippen molar-refractivity contribution in [1.82, 2.24) is 14.5 Å². The highest BCUT2D eigenvalue weighted by molar-refractivity contribution is 6.25. The average Bonchev–Trinajstić information content (AvgIpc) is 4.04. The van der Waals surface area contributed by atoms with Gasteiger partial charge in [0.05, 0.1) is 22.1 Å². The molecule has 1 unspecified atom stereocenters. The molecule has 0 aliphatic carbocycles. The zero-order valence-electron chi connectivity index (χ0n) is 36.0. The Bertz CT molecular complexity index is 4360. The molecule has 0 fully saturated rings. The van der Waals surface area contributed by atoms with Gasteiger partial charge in [0, 0.05) is 37.9 Å². The summed E-state index contributed by atoms with van der Waals surface area (Å²) < 4.78 is 11.9. The molecule has 4 heterocycles. The Morgan fingerprint density at radius 2 is 0.940 bits per heavy atom. The first kappa shape index (κ1) is 36.4. The highest BCUT2D eigenvalue weighted by atomic mass is 16.3. The van der Waals surface area contributed by atoms with Crippen LogP contribution in [0.25, 0.3) is 114 Å². The number of hydrogen-bond acceptors (Lipinski definition) is 4. The molecule has 0 saturated heterocycles. The van der Waals surface area contributed by atoms with E-state index in [1.807, 2.05) is 0 Å². The van der Waals surface area contributed by atoms with Crippen LogP contribution in [-0.4, -0.2) is 20.9 Å². The summed E-state index contributed by atoms with van der Waals surface area (Å²) in [5.41, 5.74) is 8.74. The van der Waals surface area contributed by atoms with Crippen LogP contribution in [0.15, 0.2) is 227 Å². The first-order chi connectivity index (χ1) is 33.2. The van der Waals surface area contributed by atoms with Gasteiger partial charge >= 0.3 is 0 Å². The normalized spacial score (nSPS) is 14.4. The number of aliphatic imine (C=N–C) groups is 2. The number of aromatic nitrogens is 2. The Labute approximate surface area is 382 Å². The molecule has 1 aliphatic heterocycles. The summed E-state index contributed by atoms with van der Waals surface area (Å²) in [6.07, 6.45) is -0.471. The van der Waals surface area contributed by atoms with E-state index in [4.69, 9.17) is 14.4 Å². The summed E-state index contributed by atoms with van der Waals surface area (Å²) in [5, 5.41) is 20.1. The average molecular weight is 856 g/mol. The van der Waals surface area contributed by atoms with Crippen LogP contribution in [0.3, 0.4) is 0 Å². The molecular formula is C61H37N5O. The summed E-state index contributed by atoms with van der Waals surface area (Å²) in [5.74, 6) is 1.30. The number of rotatable bonds is 3. The maximum Gasteiger partial charge on any atom is 0.234 e. The van der Waals surface area contributed by atoms with Crippen LogP contribution in [-0.2, 0) is 0 Å². The highest BCUT2D eigenvalue weighted by Gasteiger charge is 2.29. The minimum atomic E-state index is -0.471. The van der Waals surface area contributed by atoms with E-state index >= 15 is 0 Å². The van der Waals surface area contributed by atoms with Gasteiger partial charge < -0.3 is 14.3 Å². The third-order valence-corrected chi connectivity index (χ3v) is 14.1. The minimum Gasteiger partial charge on any atom is -0.454 e. The van der Waals surface area contributed by atoms with Crippen LogP contribution >= 0.6 is 0 Å². The molecule has 14 aromatic rings. The van der Waals surface area contributed by atoms with E-state index in [0.29, 0.717) is 11.8 Å². The minimum absolute atomic E-state index is 0.471. The molecule has 0 saturated carbocycles. The van der Waals surface area contributed by atoms with Crippen molar-refractivity contribution in [2.75, 3.05) is 0 Å². The van der Waals surface area contributed by atoms with Gasteiger partial charge in [0.15, 0.2) is 5.58 Å². The Kier molecular flexibility index (Phi) is 7.46. The quantitative estimate of drug-likeness (QED) is 0.192. The molecule has 6 nitrogen and oxygen atoms in total. The number of hydrogen-bond donors (Lipinski definition) is 1. The van der Waals surface area contributed by atoms with Crippen LogP contribution in [0.4, 0.5) is 0 Å². The molecule has 312 valence electrons. The van der Waals surface area contributed by atoms with E-state index in [2.05, 4.69) is 227 Å². The lowest BCUT2D eigenvalue weighted by molar-refractivity contribution is 0.662. The third kappa shape index (κ3) is 5.32. The predicted molar refractivity (Wildman–Crippen MR) is 279 cm³/mol. The largest absolute Gasteiger partial charge is 0.454 e. The maximum atomic E-state index is 7.25. The number of amidine groups is 1. The van der Waals surface area contributed by atoms with Crippen molar-refractivity contribution in [2.24, 2.45) is 9.98 Å². The molecule has 0 amide bonds. The van der Waals surface area contributed by atoms with Gasteiger partial charge in [-0.3, -0.25) is 4.57 Å². The zero-order valence-corrected chi connectivity index (χ0v) is 36.0. The molecule has 1 atom stereocenters. The number of para-hydroxylation sites is 2. The second kappa shape index (κ2) is 13.8. The summed E-state index contributed by atoms with van der Waals surface area (Å²) in [7, 11) is 0. The van der Waals surface area contributed by atoms with Gasteiger partial charge in [-0.15, -0.1) is 0 Å². The summed E-state index contributed by atoms with van der Waals surface area (Å²) in [6.45, 7) is 0. The van der Waals surface area contributed by atoms with Gasteiger partial charge in [0.25, 0.3) is 0 Å². The first-order valence-electron chi connectivity index (χ1n) is 22.8. The van der Waals surface area contributed by atoms with E-state index in [9.17, 15) is 0 Å². The molecule has 1 N–H and O–H groups in total. The molecule has 15 rings (SSSR count). The lowest BCUT2D eigenvalue weighted by Crippen LogP contribution is -2.35. The van der Waals surface area contributed by atoms with Gasteiger partial charge in [0.2, 0.25) is 5.96 Å². The van der Waals surface area contributed by atoms with E-state index < -0.39 is 6.17 Å². The van der Waals surface area contributed by atoms with Crippen LogP contribution in [0, 0.1) is 0 Å². The van der Waals surface area contributed by atoms with Gasteiger partial charge in [0.1, 0.15) is 23.3 Å². The molecule has 6 heteroatoms. The van der Waals surface area contributed by atoms with E-state index in [1.165, 1.54) is 43.1 Å². The maximum absolute atomic E-state index is 7.25. The van der Waals surface area contributed by atoms with Crippen LogP contribution in [0.2, 0.25) is 0 Å². The smallest absolute Gasteiger partial charge is 0.234 e. The number of benzene rings is 11. The fourth-order valence-electron chi connectivity index (χ4n) is 11.0. The Balaban J connectivity index is 1.08. The second-order valence-corrected chi connectivity index (χ2v) is 17.8. The summed E-state index contributed by atoms with van der Waals surface area (Å²) in [6, 6.07) is 76.3. The number of nitrogens with one attached hydrogen (secondary N) is 1. The fraction of sp³-hybridized carbons (Fsp3) is 0.0164. The van der Waals surface area contributed by atoms with Crippen LogP contribution in [0.5, 0.6) is 0 Å². The van der Waals surface area contributed by atoms with Crippen molar-refractivity contribution >= 4 is 120 Å². The summed E-state index contributed by atoms with van der Waals surface area (Å²) >= 11 is 0. The Morgan fingerprint density at radius 1 is 0.403 bits per heavy atom. The van der Waals surface area contributed by atoms with Crippen molar-refractivity contribution in [2.45, 2.75) is 6.17 Å². The molecule has 3 aromatic heterocycles. The van der Waals surface area contributed by atoms with E-state index in [-0.39, 0.29) is 0 Å². The molecule has 67 heavy (non-hydrogen) atoms. The Morgan fingerprint density at radius 3 is 1.60 bits per heavy atom. The van der Waals surface area contributed by atoms with Crippen LogP contribution in [0.1, 0.15) is 17.3 Å². The topological polar surface area (TPSA) is 59.8 Å².